The molecule has 0 saturated carbocycles. The first-order chi connectivity index (χ1) is 14.2. The Kier molecular flexibility index (Phi) is 7.42. The second-order valence-corrected chi connectivity index (χ2v) is 6.86. The maximum absolute atomic E-state index is 14.3. The molecule has 0 atom stereocenters. The molecule has 0 spiro atoms. The highest BCUT2D eigenvalue weighted by atomic mass is 19.1. The number of likely N-dealkylation sites (N-methyl/N-ethyl adjacent to an activating group) is 1. The van der Waals surface area contributed by atoms with E-state index >= 15 is 0 Å². The van der Waals surface area contributed by atoms with E-state index in [1.54, 1.807) is 18.2 Å². The molecule has 0 heterocycles. The summed E-state index contributed by atoms with van der Waals surface area (Å²) in [7, 11) is 1.83. The Morgan fingerprint density at radius 3 is 2.41 bits per heavy atom. The van der Waals surface area contributed by atoms with E-state index in [1.807, 2.05) is 43.4 Å². The molecule has 0 fully saturated rings. The fourth-order valence-corrected chi connectivity index (χ4v) is 3.07. The number of nitrogens with one attached hydrogen (secondary N) is 1. The van der Waals surface area contributed by atoms with Crippen molar-refractivity contribution in [3.05, 3.63) is 101 Å². The average Bonchev–Trinajstić information content (AvgIpc) is 2.74. The number of benzene rings is 3. The molecule has 0 amide bonds. The Morgan fingerprint density at radius 1 is 1.00 bits per heavy atom. The van der Waals surface area contributed by atoms with Crippen molar-refractivity contribution >= 4 is 5.57 Å². The summed E-state index contributed by atoms with van der Waals surface area (Å²) in [4.78, 5) is 0. The van der Waals surface area contributed by atoms with Crippen molar-refractivity contribution in [2.24, 2.45) is 0 Å². The number of rotatable bonds is 9. The molecule has 2 N–H and O–H groups in total. The zero-order chi connectivity index (χ0) is 20.5. The minimum Gasteiger partial charge on any atom is -0.508 e. The molecule has 0 saturated heterocycles. The van der Waals surface area contributed by atoms with Gasteiger partial charge in [0, 0.05) is 6.54 Å². The lowest BCUT2D eigenvalue weighted by molar-refractivity contribution is 0.302. The van der Waals surface area contributed by atoms with E-state index in [1.165, 1.54) is 6.07 Å². The second-order valence-electron chi connectivity index (χ2n) is 6.86. The van der Waals surface area contributed by atoms with E-state index in [9.17, 15) is 9.50 Å². The minimum absolute atomic E-state index is 0.256. The summed E-state index contributed by atoms with van der Waals surface area (Å²) in [6.45, 7) is 1.10. The molecule has 0 unspecified atom stereocenters. The third-order valence-electron chi connectivity index (χ3n) is 4.67. The Morgan fingerprint density at radius 2 is 1.72 bits per heavy atom. The van der Waals surface area contributed by atoms with Crippen LogP contribution in [-0.2, 0) is 12.8 Å². The molecule has 150 valence electrons. The predicted molar refractivity (Wildman–Crippen MR) is 116 cm³/mol. The third kappa shape index (κ3) is 6.19. The van der Waals surface area contributed by atoms with Crippen molar-refractivity contribution in [1.82, 2.24) is 5.32 Å². The lowest BCUT2D eigenvalue weighted by Crippen LogP contribution is -2.16. The highest BCUT2D eigenvalue weighted by Crippen LogP contribution is 2.23. The maximum Gasteiger partial charge on any atom is 0.165 e. The number of phenols is 1. The van der Waals surface area contributed by atoms with E-state index < -0.39 is 0 Å². The largest absolute Gasteiger partial charge is 0.508 e. The van der Waals surface area contributed by atoms with Crippen LogP contribution in [0.4, 0.5) is 4.39 Å². The van der Waals surface area contributed by atoms with Crippen LogP contribution < -0.4 is 10.1 Å². The van der Waals surface area contributed by atoms with Crippen LogP contribution in [0.15, 0.2) is 78.9 Å². The third-order valence-corrected chi connectivity index (χ3v) is 4.67. The zero-order valence-electron chi connectivity index (χ0n) is 16.6. The van der Waals surface area contributed by atoms with Crippen LogP contribution in [0.3, 0.4) is 0 Å². The summed E-state index contributed by atoms with van der Waals surface area (Å²) in [5, 5.41) is 12.5. The number of aromatic hydroxyl groups is 1. The van der Waals surface area contributed by atoms with Crippen molar-refractivity contribution in [2.45, 2.75) is 12.8 Å². The van der Waals surface area contributed by atoms with Gasteiger partial charge >= 0.3 is 0 Å². The number of hydrogen-bond donors (Lipinski definition) is 2. The van der Waals surface area contributed by atoms with Crippen LogP contribution in [0.5, 0.6) is 11.5 Å². The number of halogens is 1. The van der Waals surface area contributed by atoms with Crippen LogP contribution in [0.25, 0.3) is 5.57 Å². The molecule has 0 aliphatic carbocycles. The quantitative estimate of drug-likeness (QED) is 0.505. The SMILES string of the molecule is CNCCOc1ccc(CC=C(Cc2ccc(O)cc2)c2ccccc2)cc1F. The van der Waals surface area contributed by atoms with Gasteiger partial charge in [-0.1, -0.05) is 54.6 Å². The fraction of sp³-hybridized carbons (Fsp3) is 0.200. The molecule has 4 heteroatoms. The summed E-state index contributed by atoms with van der Waals surface area (Å²) in [6.07, 6.45) is 3.49. The molecule has 29 heavy (non-hydrogen) atoms. The van der Waals surface area contributed by atoms with Crippen LogP contribution >= 0.6 is 0 Å². The highest BCUT2D eigenvalue weighted by Gasteiger charge is 2.07. The van der Waals surface area contributed by atoms with Gasteiger partial charge in [0.2, 0.25) is 0 Å². The van der Waals surface area contributed by atoms with Gasteiger partial charge in [0.15, 0.2) is 11.6 Å². The topological polar surface area (TPSA) is 41.5 Å². The van der Waals surface area contributed by atoms with E-state index in [0.29, 0.717) is 19.6 Å². The second kappa shape index (κ2) is 10.4. The molecular formula is C25H26FNO2. The molecule has 3 aromatic carbocycles. The summed E-state index contributed by atoms with van der Waals surface area (Å²) in [5.74, 6) is 0.193. The Balaban J connectivity index is 1.77. The number of allylic oxidation sites excluding steroid dienone is 2. The Hall–Kier alpha value is -3.11. The minimum atomic E-state index is -0.341. The zero-order valence-corrected chi connectivity index (χ0v) is 16.6. The predicted octanol–water partition coefficient (Wildman–Crippen LogP) is 5.00. The summed E-state index contributed by atoms with van der Waals surface area (Å²) >= 11 is 0. The first-order valence-electron chi connectivity index (χ1n) is 9.74. The lowest BCUT2D eigenvalue weighted by atomic mass is 9.96. The maximum atomic E-state index is 14.3. The first-order valence-corrected chi connectivity index (χ1v) is 9.74. The van der Waals surface area contributed by atoms with Gasteiger partial charge in [-0.3, -0.25) is 0 Å². The molecule has 0 bridgehead atoms. The molecular weight excluding hydrogens is 365 g/mol. The monoisotopic (exact) mass is 391 g/mol. The summed E-state index contributed by atoms with van der Waals surface area (Å²) in [5.41, 5.74) is 4.29. The smallest absolute Gasteiger partial charge is 0.165 e. The molecule has 3 nitrogen and oxygen atoms in total. The molecule has 0 aromatic heterocycles. The molecule has 0 aliphatic heterocycles. The van der Waals surface area contributed by atoms with Gasteiger partial charge in [-0.05, 0) is 66.4 Å². The van der Waals surface area contributed by atoms with Gasteiger partial charge < -0.3 is 15.2 Å². The van der Waals surface area contributed by atoms with Crippen molar-refractivity contribution in [1.29, 1.82) is 0 Å². The van der Waals surface area contributed by atoms with Gasteiger partial charge in [0.05, 0.1) is 0 Å². The lowest BCUT2D eigenvalue weighted by Gasteiger charge is -2.10. The van der Waals surface area contributed by atoms with E-state index in [4.69, 9.17) is 4.74 Å². The molecule has 3 rings (SSSR count). The van der Waals surface area contributed by atoms with Crippen molar-refractivity contribution in [3.63, 3.8) is 0 Å². The number of hydrogen-bond acceptors (Lipinski definition) is 3. The summed E-state index contributed by atoms with van der Waals surface area (Å²) in [6, 6.07) is 22.5. The molecule has 0 radical (unpaired) electrons. The number of phenolic OH excluding ortho intramolecular Hbond substituents is 1. The van der Waals surface area contributed by atoms with Gasteiger partial charge in [-0.2, -0.15) is 0 Å². The van der Waals surface area contributed by atoms with Gasteiger partial charge in [-0.15, -0.1) is 0 Å². The van der Waals surface area contributed by atoms with Gasteiger partial charge in [0.25, 0.3) is 0 Å². The van der Waals surface area contributed by atoms with Crippen molar-refractivity contribution in [2.75, 3.05) is 20.2 Å². The van der Waals surface area contributed by atoms with E-state index in [-0.39, 0.29) is 17.3 Å². The van der Waals surface area contributed by atoms with Gasteiger partial charge in [-0.25, -0.2) is 4.39 Å². The van der Waals surface area contributed by atoms with Crippen molar-refractivity contribution in [3.8, 4) is 11.5 Å². The Labute approximate surface area is 171 Å². The average molecular weight is 391 g/mol. The normalized spacial score (nSPS) is 11.4. The Bertz CT molecular complexity index is 937. The highest BCUT2D eigenvalue weighted by molar-refractivity contribution is 5.68. The van der Waals surface area contributed by atoms with E-state index in [2.05, 4.69) is 23.5 Å². The number of ether oxygens (including phenoxy) is 1. The van der Waals surface area contributed by atoms with Crippen LogP contribution in [-0.4, -0.2) is 25.3 Å². The summed E-state index contributed by atoms with van der Waals surface area (Å²) < 4.78 is 19.8. The van der Waals surface area contributed by atoms with E-state index in [0.717, 1.165) is 28.7 Å². The first kappa shape index (κ1) is 20.6. The van der Waals surface area contributed by atoms with Crippen LogP contribution in [0, 0.1) is 5.82 Å². The van der Waals surface area contributed by atoms with Gasteiger partial charge in [0.1, 0.15) is 12.4 Å². The molecule has 0 aliphatic rings. The van der Waals surface area contributed by atoms with Crippen LogP contribution in [0.2, 0.25) is 0 Å². The van der Waals surface area contributed by atoms with Crippen LogP contribution in [0.1, 0.15) is 16.7 Å². The fourth-order valence-electron chi connectivity index (χ4n) is 3.07. The molecule has 3 aromatic rings. The standard InChI is InChI=1S/C25H26FNO2/c1-27-15-16-29-25-14-10-20(18-24(25)26)7-11-22(21-5-3-2-4-6-21)17-19-8-12-23(28)13-9-19/h2-6,8-14,18,27-28H,7,15-17H2,1H3. The van der Waals surface area contributed by atoms with Crippen molar-refractivity contribution < 1.29 is 14.2 Å².